The van der Waals surface area contributed by atoms with Crippen molar-refractivity contribution in [3.63, 3.8) is 0 Å². The van der Waals surface area contributed by atoms with Crippen molar-refractivity contribution in [3.8, 4) is 0 Å². The molecule has 1 heterocycles. The SMILES string of the molecule is CS(=O)(=O)c1cccc(C(Nc2nccc(C(F)(F)F)n2)c2ccc(F)c(F)c2)c1. The predicted molar refractivity (Wildman–Crippen MR) is 98.4 cm³/mol. The number of alkyl halides is 3. The summed E-state index contributed by atoms with van der Waals surface area (Å²) in [4.78, 5) is 7.10. The van der Waals surface area contributed by atoms with Gasteiger partial charge in [0.05, 0.1) is 10.9 Å². The van der Waals surface area contributed by atoms with Gasteiger partial charge in [-0.15, -0.1) is 0 Å². The smallest absolute Gasteiger partial charge is 0.343 e. The molecule has 1 aromatic heterocycles. The van der Waals surface area contributed by atoms with E-state index in [1.54, 1.807) is 0 Å². The Morgan fingerprint density at radius 3 is 2.30 bits per heavy atom. The number of nitrogens with zero attached hydrogens (tertiary/aromatic N) is 2. The summed E-state index contributed by atoms with van der Waals surface area (Å²) in [6.45, 7) is 0. The summed E-state index contributed by atoms with van der Waals surface area (Å²) in [6, 6.07) is 8.07. The molecule has 0 spiro atoms. The van der Waals surface area contributed by atoms with Gasteiger partial charge in [-0.1, -0.05) is 18.2 Å². The molecule has 1 unspecified atom stereocenters. The molecular weight excluding hydrogens is 429 g/mol. The van der Waals surface area contributed by atoms with Gasteiger partial charge in [-0.05, 0) is 41.5 Å². The minimum absolute atomic E-state index is 0.0562. The quantitative estimate of drug-likeness (QED) is 0.593. The highest BCUT2D eigenvalue weighted by atomic mass is 32.2. The van der Waals surface area contributed by atoms with Crippen molar-refractivity contribution >= 4 is 15.8 Å². The van der Waals surface area contributed by atoms with Crippen LogP contribution in [0.25, 0.3) is 0 Å². The van der Waals surface area contributed by atoms with Crippen LogP contribution >= 0.6 is 0 Å². The van der Waals surface area contributed by atoms with Crippen LogP contribution in [0, 0.1) is 11.6 Å². The first-order chi connectivity index (χ1) is 13.9. The second-order valence-corrected chi connectivity index (χ2v) is 8.37. The third-order valence-corrected chi connectivity index (χ3v) is 5.23. The molecule has 0 aliphatic heterocycles. The number of rotatable bonds is 5. The Bertz CT molecular complexity index is 1180. The van der Waals surface area contributed by atoms with Crippen molar-refractivity contribution in [2.75, 3.05) is 11.6 Å². The van der Waals surface area contributed by atoms with Crippen LogP contribution in [0.15, 0.2) is 59.6 Å². The van der Waals surface area contributed by atoms with E-state index < -0.39 is 45.3 Å². The fourth-order valence-corrected chi connectivity index (χ4v) is 3.37. The Morgan fingerprint density at radius 1 is 0.967 bits per heavy atom. The standard InChI is InChI=1S/C19H14F5N3O2S/c1-30(28,29)13-4-2-3-11(9-13)17(12-5-6-14(20)15(21)10-12)27-18-25-8-7-16(26-18)19(22,23)24/h2-10,17H,1H3,(H,25,26,27). The fourth-order valence-electron chi connectivity index (χ4n) is 2.69. The molecule has 0 fully saturated rings. The molecule has 0 aliphatic carbocycles. The van der Waals surface area contributed by atoms with Gasteiger partial charge in [-0.25, -0.2) is 27.2 Å². The predicted octanol–water partition coefficient (Wildman–Crippen LogP) is 4.38. The third-order valence-electron chi connectivity index (χ3n) is 4.12. The minimum Gasteiger partial charge on any atom is -0.343 e. The van der Waals surface area contributed by atoms with Crippen LogP contribution in [0.3, 0.4) is 0 Å². The molecular formula is C19H14F5N3O2S. The van der Waals surface area contributed by atoms with Gasteiger partial charge in [0.1, 0.15) is 5.69 Å². The van der Waals surface area contributed by atoms with Crippen LogP contribution in [-0.2, 0) is 16.0 Å². The lowest BCUT2D eigenvalue weighted by atomic mass is 9.98. The highest BCUT2D eigenvalue weighted by molar-refractivity contribution is 7.90. The van der Waals surface area contributed by atoms with E-state index in [0.717, 1.165) is 24.6 Å². The molecule has 2 aromatic carbocycles. The maximum atomic E-state index is 13.8. The molecule has 0 amide bonds. The average molecular weight is 443 g/mol. The monoisotopic (exact) mass is 443 g/mol. The van der Waals surface area contributed by atoms with Crippen molar-refractivity contribution in [2.24, 2.45) is 0 Å². The van der Waals surface area contributed by atoms with Crippen LogP contribution in [0.1, 0.15) is 22.9 Å². The molecule has 30 heavy (non-hydrogen) atoms. The van der Waals surface area contributed by atoms with Crippen molar-refractivity contribution in [2.45, 2.75) is 17.1 Å². The van der Waals surface area contributed by atoms with Gasteiger partial charge in [-0.2, -0.15) is 13.2 Å². The number of sulfone groups is 1. The Kier molecular flexibility index (Phi) is 5.75. The summed E-state index contributed by atoms with van der Waals surface area (Å²) in [6.07, 6.45) is -2.83. The zero-order valence-corrected chi connectivity index (χ0v) is 16.1. The van der Waals surface area contributed by atoms with Crippen LogP contribution in [-0.4, -0.2) is 24.6 Å². The summed E-state index contributed by atoms with van der Waals surface area (Å²) in [5, 5.41) is 2.64. The summed E-state index contributed by atoms with van der Waals surface area (Å²) in [7, 11) is -3.60. The van der Waals surface area contributed by atoms with Crippen molar-refractivity contribution in [1.82, 2.24) is 9.97 Å². The number of aromatic nitrogens is 2. The van der Waals surface area contributed by atoms with Gasteiger partial charge in [0.15, 0.2) is 21.5 Å². The molecule has 0 radical (unpaired) electrons. The van der Waals surface area contributed by atoms with Crippen molar-refractivity contribution in [3.05, 3.63) is 83.2 Å². The normalized spacial score (nSPS) is 13.1. The van der Waals surface area contributed by atoms with Gasteiger partial charge in [0, 0.05) is 12.5 Å². The van der Waals surface area contributed by atoms with Crippen LogP contribution in [0.2, 0.25) is 0 Å². The van der Waals surface area contributed by atoms with Gasteiger partial charge >= 0.3 is 6.18 Å². The largest absolute Gasteiger partial charge is 0.433 e. The first kappa shape index (κ1) is 21.6. The third kappa shape index (κ3) is 4.90. The maximum absolute atomic E-state index is 13.8. The Hall–Kier alpha value is -3.08. The Labute approximate surface area is 168 Å². The summed E-state index contributed by atoms with van der Waals surface area (Å²) >= 11 is 0. The number of benzene rings is 2. The summed E-state index contributed by atoms with van der Waals surface area (Å²) < 4.78 is 89.8. The van der Waals surface area contributed by atoms with E-state index in [9.17, 15) is 30.4 Å². The summed E-state index contributed by atoms with van der Waals surface area (Å²) in [5.74, 6) is -2.72. The van der Waals surface area contributed by atoms with Crippen LogP contribution in [0.4, 0.5) is 27.9 Å². The highest BCUT2D eigenvalue weighted by Gasteiger charge is 2.33. The molecule has 5 nitrogen and oxygen atoms in total. The second-order valence-electron chi connectivity index (χ2n) is 6.36. The molecule has 3 rings (SSSR count). The first-order valence-electron chi connectivity index (χ1n) is 8.37. The van der Waals surface area contributed by atoms with E-state index in [4.69, 9.17) is 0 Å². The zero-order chi connectivity index (χ0) is 22.1. The van der Waals surface area contributed by atoms with E-state index in [-0.39, 0.29) is 16.0 Å². The molecule has 158 valence electrons. The lowest BCUT2D eigenvalue weighted by Gasteiger charge is -2.21. The topological polar surface area (TPSA) is 72.0 Å². The van der Waals surface area contributed by atoms with Gasteiger partial charge in [0.2, 0.25) is 5.95 Å². The van der Waals surface area contributed by atoms with Crippen LogP contribution in [0.5, 0.6) is 0 Å². The highest BCUT2D eigenvalue weighted by Crippen LogP contribution is 2.31. The Morgan fingerprint density at radius 2 is 1.67 bits per heavy atom. The fraction of sp³-hybridized carbons (Fsp3) is 0.158. The van der Waals surface area contributed by atoms with Gasteiger partial charge in [0.25, 0.3) is 0 Å². The molecule has 0 bridgehead atoms. The van der Waals surface area contributed by atoms with Gasteiger partial charge in [-0.3, -0.25) is 0 Å². The molecule has 11 heteroatoms. The summed E-state index contributed by atoms with van der Waals surface area (Å²) in [5.41, 5.74) is -0.806. The van der Waals surface area contributed by atoms with E-state index in [1.807, 2.05) is 0 Å². The number of hydrogen-bond donors (Lipinski definition) is 1. The van der Waals surface area contributed by atoms with Gasteiger partial charge < -0.3 is 5.32 Å². The average Bonchev–Trinajstić information content (AvgIpc) is 2.67. The van der Waals surface area contributed by atoms with E-state index in [0.29, 0.717) is 6.07 Å². The lowest BCUT2D eigenvalue weighted by molar-refractivity contribution is -0.141. The molecule has 1 N–H and O–H groups in total. The number of nitrogens with one attached hydrogen (secondary N) is 1. The molecule has 0 saturated heterocycles. The van der Waals surface area contributed by atoms with Crippen molar-refractivity contribution < 1.29 is 30.4 Å². The molecule has 3 aromatic rings. The Balaban J connectivity index is 2.10. The number of anilines is 1. The van der Waals surface area contributed by atoms with E-state index >= 15 is 0 Å². The molecule has 1 atom stereocenters. The minimum atomic E-state index is -4.72. The zero-order valence-electron chi connectivity index (χ0n) is 15.3. The van der Waals surface area contributed by atoms with Crippen LogP contribution < -0.4 is 5.32 Å². The van der Waals surface area contributed by atoms with Crippen molar-refractivity contribution in [1.29, 1.82) is 0 Å². The number of halogens is 5. The number of hydrogen-bond acceptors (Lipinski definition) is 5. The second kappa shape index (κ2) is 7.98. The maximum Gasteiger partial charge on any atom is 0.433 e. The molecule has 0 saturated carbocycles. The van der Waals surface area contributed by atoms with E-state index in [2.05, 4.69) is 15.3 Å². The first-order valence-corrected chi connectivity index (χ1v) is 10.3. The molecule has 0 aliphatic rings. The lowest BCUT2D eigenvalue weighted by Crippen LogP contribution is -2.17. The van der Waals surface area contributed by atoms with E-state index in [1.165, 1.54) is 30.3 Å².